The van der Waals surface area contributed by atoms with Gasteiger partial charge in [0.05, 0.1) is 11.4 Å². The van der Waals surface area contributed by atoms with E-state index in [-0.39, 0.29) is 0 Å². The molecule has 2 heteroatoms. The van der Waals surface area contributed by atoms with Crippen LogP contribution in [0.3, 0.4) is 0 Å². The highest BCUT2D eigenvalue weighted by Crippen LogP contribution is 2.06. The molecule has 0 bridgehead atoms. The Kier molecular flexibility index (Phi) is 5.18. The van der Waals surface area contributed by atoms with E-state index < -0.39 is 0 Å². The quantitative estimate of drug-likeness (QED) is 0.436. The van der Waals surface area contributed by atoms with Gasteiger partial charge in [0.1, 0.15) is 0 Å². The van der Waals surface area contributed by atoms with Gasteiger partial charge in [-0.3, -0.25) is 9.98 Å². The van der Waals surface area contributed by atoms with E-state index in [1.165, 1.54) is 12.4 Å². The highest BCUT2D eigenvalue weighted by Gasteiger charge is 1.91. The molecule has 0 aliphatic carbocycles. The monoisotopic (exact) mass is 160 g/mol. The van der Waals surface area contributed by atoms with Gasteiger partial charge in [-0.2, -0.15) is 0 Å². The SMILES string of the molecule is C=CC=NC(=C)C(=C)N=CC=C. The summed E-state index contributed by atoms with van der Waals surface area (Å²) < 4.78 is 0. The molecule has 0 radical (unpaired) electrons. The largest absolute Gasteiger partial charge is 0.255 e. The molecule has 0 spiro atoms. The second-order valence-corrected chi connectivity index (χ2v) is 1.92. The molecular weight excluding hydrogens is 148 g/mol. The van der Waals surface area contributed by atoms with Gasteiger partial charge in [-0.15, -0.1) is 0 Å². The maximum absolute atomic E-state index is 3.91. The molecule has 0 aromatic rings. The second kappa shape index (κ2) is 6.04. The van der Waals surface area contributed by atoms with Crippen molar-refractivity contribution < 1.29 is 0 Å². The Morgan fingerprint density at radius 2 is 1.17 bits per heavy atom. The van der Waals surface area contributed by atoms with E-state index in [2.05, 4.69) is 36.3 Å². The standard InChI is InChI=1S/C10H12N2/c1-5-7-11-9(3)10(4)12-8-6-2/h5-8H,1-4H2. The Hall–Kier alpha value is -1.70. The first-order chi connectivity index (χ1) is 5.72. The van der Waals surface area contributed by atoms with Crippen molar-refractivity contribution in [3.63, 3.8) is 0 Å². The third-order valence-corrected chi connectivity index (χ3v) is 1.00. The first-order valence-electron chi connectivity index (χ1n) is 3.40. The van der Waals surface area contributed by atoms with Crippen LogP contribution in [-0.2, 0) is 0 Å². The molecule has 62 valence electrons. The van der Waals surface area contributed by atoms with Crippen LogP contribution in [0.1, 0.15) is 0 Å². The van der Waals surface area contributed by atoms with E-state index in [1.807, 2.05) is 0 Å². The minimum absolute atomic E-state index is 0.521. The third kappa shape index (κ3) is 4.17. The van der Waals surface area contributed by atoms with E-state index in [0.717, 1.165) is 0 Å². The Bertz CT molecular complexity index is 229. The predicted molar refractivity (Wildman–Crippen MR) is 55.7 cm³/mol. The summed E-state index contributed by atoms with van der Waals surface area (Å²) >= 11 is 0. The fraction of sp³-hybridized carbons (Fsp3) is 0. The minimum atomic E-state index is 0.521. The van der Waals surface area contributed by atoms with Crippen LogP contribution in [0.2, 0.25) is 0 Å². The molecule has 2 nitrogen and oxygen atoms in total. The van der Waals surface area contributed by atoms with Crippen LogP contribution in [0, 0.1) is 0 Å². The molecule has 0 fully saturated rings. The van der Waals surface area contributed by atoms with Gasteiger partial charge < -0.3 is 0 Å². The second-order valence-electron chi connectivity index (χ2n) is 1.92. The van der Waals surface area contributed by atoms with Gasteiger partial charge >= 0.3 is 0 Å². The molecule has 0 rings (SSSR count). The van der Waals surface area contributed by atoms with Gasteiger partial charge in [0, 0.05) is 12.4 Å². The zero-order valence-electron chi connectivity index (χ0n) is 7.03. The van der Waals surface area contributed by atoms with E-state index in [4.69, 9.17) is 0 Å². The molecule has 0 aromatic carbocycles. The van der Waals surface area contributed by atoms with E-state index >= 15 is 0 Å². The van der Waals surface area contributed by atoms with E-state index in [1.54, 1.807) is 12.2 Å². The van der Waals surface area contributed by atoms with Crippen LogP contribution in [-0.4, -0.2) is 12.4 Å². The predicted octanol–water partition coefficient (Wildman–Crippen LogP) is 2.53. The lowest BCUT2D eigenvalue weighted by Gasteiger charge is -1.94. The van der Waals surface area contributed by atoms with Gasteiger partial charge in [-0.1, -0.05) is 38.5 Å². The number of nitrogens with zero attached hydrogens (tertiary/aromatic N) is 2. The smallest absolute Gasteiger partial charge is 0.0808 e. The summed E-state index contributed by atoms with van der Waals surface area (Å²) in [6.07, 6.45) is 6.21. The summed E-state index contributed by atoms with van der Waals surface area (Å²) in [7, 11) is 0. The normalized spacial score (nSPS) is 10.3. The Balaban J connectivity index is 4.20. The molecular formula is C10H12N2. The van der Waals surface area contributed by atoms with Crippen molar-refractivity contribution in [2.24, 2.45) is 9.98 Å². The van der Waals surface area contributed by atoms with Gasteiger partial charge in [-0.05, 0) is 0 Å². The van der Waals surface area contributed by atoms with E-state index in [0.29, 0.717) is 11.4 Å². The molecule has 0 saturated heterocycles. The fourth-order valence-electron chi connectivity index (χ4n) is 0.434. The lowest BCUT2D eigenvalue weighted by Crippen LogP contribution is -1.79. The molecule has 0 amide bonds. The highest BCUT2D eigenvalue weighted by atomic mass is 14.8. The maximum atomic E-state index is 3.91. The molecule has 0 saturated carbocycles. The summed E-state index contributed by atoms with van der Waals surface area (Å²) in [4.78, 5) is 7.82. The van der Waals surface area contributed by atoms with Gasteiger partial charge in [0.25, 0.3) is 0 Å². The number of hydrogen-bond donors (Lipinski definition) is 0. The summed E-state index contributed by atoms with van der Waals surface area (Å²) in [5.41, 5.74) is 1.04. The van der Waals surface area contributed by atoms with E-state index in [9.17, 15) is 0 Å². The molecule has 0 aliphatic heterocycles. The first-order valence-corrected chi connectivity index (χ1v) is 3.40. The number of hydrogen-bond acceptors (Lipinski definition) is 2. The summed E-state index contributed by atoms with van der Waals surface area (Å²) in [5.74, 6) is 0. The van der Waals surface area contributed by atoms with Crippen LogP contribution in [0.4, 0.5) is 0 Å². The molecule has 0 N–H and O–H groups in total. The zero-order valence-corrected chi connectivity index (χ0v) is 7.03. The van der Waals surface area contributed by atoms with Gasteiger partial charge in [-0.25, -0.2) is 0 Å². The molecule has 0 aromatic heterocycles. The summed E-state index contributed by atoms with van der Waals surface area (Å²) in [5, 5.41) is 0. The van der Waals surface area contributed by atoms with Gasteiger partial charge in [0.15, 0.2) is 0 Å². The topological polar surface area (TPSA) is 24.7 Å². The molecule has 0 atom stereocenters. The van der Waals surface area contributed by atoms with Gasteiger partial charge in [0.2, 0.25) is 0 Å². The zero-order chi connectivity index (χ0) is 9.40. The maximum Gasteiger partial charge on any atom is 0.0808 e. The molecule has 12 heavy (non-hydrogen) atoms. The molecule has 0 aliphatic rings. The average Bonchev–Trinajstić information content (AvgIpc) is 2.10. The third-order valence-electron chi connectivity index (χ3n) is 1.00. The summed E-state index contributed by atoms with van der Waals surface area (Å²) in [6, 6.07) is 0. The van der Waals surface area contributed by atoms with Crippen molar-refractivity contribution >= 4 is 12.4 Å². The first kappa shape index (κ1) is 10.3. The van der Waals surface area contributed by atoms with Crippen LogP contribution < -0.4 is 0 Å². The van der Waals surface area contributed by atoms with Crippen LogP contribution in [0.5, 0.6) is 0 Å². The van der Waals surface area contributed by atoms with Crippen molar-refractivity contribution in [3.05, 3.63) is 49.9 Å². The van der Waals surface area contributed by atoms with Crippen LogP contribution in [0.25, 0.3) is 0 Å². The minimum Gasteiger partial charge on any atom is -0.255 e. The van der Waals surface area contributed by atoms with Crippen LogP contribution >= 0.6 is 0 Å². The number of rotatable bonds is 5. The van der Waals surface area contributed by atoms with Crippen molar-refractivity contribution in [1.29, 1.82) is 0 Å². The Labute approximate surface area is 73.1 Å². The Morgan fingerprint density at radius 1 is 0.833 bits per heavy atom. The Morgan fingerprint density at radius 3 is 1.42 bits per heavy atom. The summed E-state index contributed by atoms with van der Waals surface area (Å²) in [6.45, 7) is 14.3. The average molecular weight is 160 g/mol. The van der Waals surface area contributed by atoms with Crippen molar-refractivity contribution in [1.82, 2.24) is 0 Å². The van der Waals surface area contributed by atoms with Crippen LogP contribution in [0.15, 0.2) is 59.8 Å². The lowest BCUT2D eigenvalue weighted by atomic mass is 10.4. The fourth-order valence-corrected chi connectivity index (χ4v) is 0.434. The van der Waals surface area contributed by atoms with Crippen molar-refractivity contribution in [2.45, 2.75) is 0 Å². The molecule has 0 unspecified atom stereocenters. The molecule has 0 heterocycles. The number of allylic oxidation sites excluding steroid dienone is 2. The van der Waals surface area contributed by atoms with Crippen molar-refractivity contribution in [2.75, 3.05) is 0 Å². The lowest BCUT2D eigenvalue weighted by molar-refractivity contribution is 1.28. The number of aliphatic imine (C=N–C) groups is 2. The highest BCUT2D eigenvalue weighted by molar-refractivity contribution is 5.73. The van der Waals surface area contributed by atoms with Crippen molar-refractivity contribution in [3.8, 4) is 0 Å².